The molecule has 0 amide bonds. The zero-order valence-electron chi connectivity index (χ0n) is 14.2. The van der Waals surface area contributed by atoms with Crippen LogP contribution in [0.1, 0.15) is 12.8 Å². The lowest BCUT2D eigenvalue weighted by atomic mass is 9.75. The molecule has 3 fully saturated rings. The summed E-state index contributed by atoms with van der Waals surface area (Å²) < 4.78 is 27.8. The van der Waals surface area contributed by atoms with E-state index < -0.39 is 10.0 Å². The maximum atomic E-state index is 12.3. The maximum Gasteiger partial charge on any atom is 0.250 e. The third kappa shape index (κ3) is 4.08. The van der Waals surface area contributed by atoms with Crippen LogP contribution in [-0.4, -0.2) is 64.0 Å². The van der Waals surface area contributed by atoms with Crippen LogP contribution in [0.4, 0.5) is 0 Å². The van der Waals surface area contributed by atoms with Crippen LogP contribution in [0, 0.1) is 11.8 Å². The van der Waals surface area contributed by atoms with Crippen molar-refractivity contribution in [1.29, 1.82) is 0 Å². The van der Waals surface area contributed by atoms with Crippen molar-refractivity contribution in [3.8, 4) is 0 Å². The van der Waals surface area contributed by atoms with Crippen molar-refractivity contribution in [2.75, 3.05) is 39.8 Å². The molecule has 3 aliphatic rings. The minimum atomic E-state index is -3.35. The first-order valence-electron chi connectivity index (χ1n) is 8.56. The highest BCUT2D eigenvalue weighted by atomic mass is 32.2. The predicted molar refractivity (Wildman–Crippen MR) is 98.8 cm³/mol. The molecule has 0 saturated carbocycles. The van der Waals surface area contributed by atoms with Gasteiger partial charge in [0.15, 0.2) is 0 Å². The van der Waals surface area contributed by atoms with Gasteiger partial charge >= 0.3 is 0 Å². The number of piperidine rings is 3. The molecule has 0 radical (unpaired) electrons. The summed E-state index contributed by atoms with van der Waals surface area (Å²) in [7, 11) is -1.21. The van der Waals surface area contributed by atoms with Gasteiger partial charge in [0, 0.05) is 32.2 Å². The molecule has 2 bridgehead atoms. The van der Waals surface area contributed by atoms with Crippen LogP contribution in [0.5, 0.6) is 0 Å². The molecule has 1 aromatic rings. The van der Waals surface area contributed by atoms with Crippen molar-refractivity contribution in [2.45, 2.75) is 23.1 Å². The molecular weight excluding hydrogens is 342 g/mol. The number of hydrogen-bond acceptors (Lipinski definition) is 5. The van der Waals surface area contributed by atoms with Gasteiger partial charge in [-0.3, -0.25) is 4.90 Å². The summed E-state index contributed by atoms with van der Waals surface area (Å²) in [4.78, 5) is 4.80. The van der Waals surface area contributed by atoms with Crippen molar-refractivity contribution in [1.82, 2.24) is 14.5 Å². The normalized spacial score (nSPS) is 29.9. The summed E-state index contributed by atoms with van der Waals surface area (Å²) in [6.45, 7) is 8.52. The third-order valence-electron chi connectivity index (χ3n) is 5.27. The molecule has 3 saturated heterocycles. The second-order valence-corrected chi connectivity index (χ2v) is 9.93. The lowest BCUT2D eigenvalue weighted by Crippen LogP contribution is -2.58. The Bertz CT molecular complexity index is 645. The van der Waals surface area contributed by atoms with Crippen molar-refractivity contribution < 1.29 is 8.42 Å². The summed E-state index contributed by atoms with van der Waals surface area (Å²) in [5, 5.41) is 1.80. The van der Waals surface area contributed by atoms with Crippen LogP contribution < -0.4 is 4.72 Å². The zero-order valence-corrected chi connectivity index (χ0v) is 15.9. The second-order valence-electron chi connectivity index (χ2n) is 6.99. The van der Waals surface area contributed by atoms with E-state index in [0.717, 1.165) is 32.6 Å². The zero-order chi connectivity index (χ0) is 17.2. The van der Waals surface area contributed by atoms with E-state index in [-0.39, 0.29) is 0 Å². The molecule has 134 valence electrons. The molecule has 1 N–H and O–H groups in total. The molecule has 3 aliphatic heterocycles. The Morgan fingerprint density at radius 3 is 3.00 bits per heavy atom. The lowest BCUT2D eigenvalue weighted by molar-refractivity contribution is -0.00640. The lowest BCUT2D eigenvalue weighted by Gasteiger charge is -2.50. The predicted octanol–water partition coefficient (Wildman–Crippen LogP) is 1.85. The Kier molecular flexibility index (Phi) is 5.77. The van der Waals surface area contributed by atoms with Gasteiger partial charge in [0.2, 0.25) is 10.0 Å². The van der Waals surface area contributed by atoms with Gasteiger partial charge in [-0.25, -0.2) is 13.1 Å². The van der Waals surface area contributed by atoms with Crippen LogP contribution in [-0.2, 0) is 10.0 Å². The molecule has 0 aromatic carbocycles. The van der Waals surface area contributed by atoms with Crippen molar-refractivity contribution >= 4 is 21.4 Å². The van der Waals surface area contributed by atoms with Crippen LogP contribution in [0.3, 0.4) is 0 Å². The summed E-state index contributed by atoms with van der Waals surface area (Å²) in [6.07, 6.45) is 4.28. The van der Waals surface area contributed by atoms with Gasteiger partial charge in [-0.2, -0.15) is 0 Å². The molecule has 4 heterocycles. The van der Waals surface area contributed by atoms with Gasteiger partial charge < -0.3 is 4.90 Å². The Labute approximate surface area is 149 Å². The first-order valence-corrected chi connectivity index (χ1v) is 10.9. The highest BCUT2D eigenvalue weighted by molar-refractivity contribution is 7.91. The second kappa shape index (κ2) is 7.66. The fourth-order valence-corrected chi connectivity index (χ4v) is 6.17. The van der Waals surface area contributed by atoms with Crippen LogP contribution in [0.2, 0.25) is 0 Å². The van der Waals surface area contributed by atoms with Crippen LogP contribution in [0.25, 0.3) is 0 Å². The number of rotatable bonds is 8. The van der Waals surface area contributed by atoms with Crippen molar-refractivity contribution in [3.63, 3.8) is 0 Å². The van der Waals surface area contributed by atoms with Crippen molar-refractivity contribution in [3.05, 3.63) is 30.2 Å². The highest BCUT2D eigenvalue weighted by Crippen LogP contribution is 2.36. The molecule has 5 nitrogen and oxygen atoms in total. The topological polar surface area (TPSA) is 52.6 Å². The average molecular weight is 370 g/mol. The van der Waals surface area contributed by atoms with E-state index in [1.807, 2.05) is 6.08 Å². The van der Waals surface area contributed by atoms with Gasteiger partial charge in [0.1, 0.15) is 4.21 Å². The van der Waals surface area contributed by atoms with Crippen LogP contribution >= 0.6 is 11.3 Å². The largest absolute Gasteiger partial charge is 0.302 e. The minimum absolute atomic E-state index is 0.333. The molecule has 4 rings (SSSR count). The summed E-state index contributed by atoms with van der Waals surface area (Å²) in [5.74, 6) is 1.40. The van der Waals surface area contributed by atoms with Gasteiger partial charge in [-0.1, -0.05) is 12.1 Å². The number of likely N-dealkylation sites (N-methyl/N-ethyl adjacent to an activating group) is 1. The highest BCUT2D eigenvalue weighted by Gasteiger charge is 2.40. The fourth-order valence-electron chi connectivity index (χ4n) is 4.06. The molecule has 7 heteroatoms. The SMILES string of the molecule is C=CCN(C)C[C@@H]1CN2CC[C@H]1C[C@@H]2CNS(=O)(=O)c1cccs1. The number of hydrogen-bond donors (Lipinski definition) is 1. The summed E-state index contributed by atoms with van der Waals surface area (Å²) in [5.41, 5.74) is 0. The van der Waals surface area contributed by atoms with E-state index in [9.17, 15) is 8.42 Å². The van der Waals surface area contributed by atoms with Crippen molar-refractivity contribution in [2.24, 2.45) is 11.8 Å². The van der Waals surface area contributed by atoms with Gasteiger partial charge in [0.05, 0.1) is 0 Å². The monoisotopic (exact) mass is 369 g/mol. The van der Waals surface area contributed by atoms with E-state index in [1.54, 1.807) is 17.5 Å². The van der Waals surface area contributed by atoms with E-state index >= 15 is 0 Å². The van der Waals surface area contributed by atoms with Gasteiger partial charge in [-0.15, -0.1) is 17.9 Å². The number of fused-ring (bicyclic) bond motifs is 3. The Morgan fingerprint density at radius 1 is 1.54 bits per heavy atom. The number of thiophene rings is 1. The summed E-state index contributed by atoms with van der Waals surface area (Å²) >= 11 is 1.27. The fraction of sp³-hybridized carbons (Fsp3) is 0.647. The minimum Gasteiger partial charge on any atom is -0.302 e. The first-order chi connectivity index (χ1) is 11.5. The molecule has 24 heavy (non-hydrogen) atoms. The van der Waals surface area contributed by atoms with E-state index in [0.29, 0.717) is 28.6 Å². The molecule has 1 aromatic heterocycles. The molecule has 0 spiro atoms. The van der Waals surface area contributed by atoms with E-state index in [4.69, 9.17) is 0 Å². The molecule has 4 atom stereocenters. The number of nitrogens with zero attached hydrogens (tertiary/aromatic N) is 2. The molecular formula is C17H27N3O2S2. The molecule has 1 unspecified atom stereocenters. The first kappa shape index (κ1) is 18.1. The maximum absolute atomic E-state index is 12.3. The smallest absolute Gasteiger partial charge is 0.250 e. The average Bonchev–Trinajstić information content (AvgIpc) is 3.09. The van der Waals surface area contributed by atoms with Crippen LogP contribution in [0.15, 0.2) is 34.4 Å². The Hall–Kier alpha value is -0.730. The summed E-state index contributed by atoms with van der Waals surface area (Å²) in [6, 6.07) is 3.76. The Morgan fingerprint density at radius 2 is 2.38 bits per heavy atom. The van der Waals surface area contributed by atoms with Gasteiger partial charge in [-0.05, 0) is 49.7 Å². The van der Waals surface area contributed by atoms with Gasteiger partial charge in [0.25, 0.3) is 0 Å². The quantitative estimate of drug-likeness (QED) is 0.711. The third-order valence-corrected chi connectivity index (χ3v) is 8.09. The number of sulfonamides is 1. The Balaban J connectivity index is 1.54. The number of nitrogens with one attached hydrogen (secondary N) is 1. The molecule has 0 aliphatic carbocycles. The van der Waals surface area contributed by atoms with E-state index in [2.05, 4.69) is 28.1 Å². The standard InChI is InChI=1S/C17H27N3O2S2/c1-3-7-19(2)12-15-13-20-8-6-14(15)10-16(20)11-18-24(21,22)17-5-4-9-23-17/h3-5,9,14-16,18H,1,6-8,10-13H2,2H3/t14-,15+,16+/m0/s1. The van der Waals surface area contributed by atoms with E-state index in [1.165, 1.54) is 17.8 Å².